The predicted molar refractivity (Wildman–Crippen MR) is 102 cm³/mol. The Hall–Kier alpha value is -2.54. The van der Waals surface area contributed by atoms with Crippen LogP contribution in [-0.2, 0) is 14.8 Å². The van der Waals surface area contributed by atoms with Gasteiger partial charge in [0.05, 0.1) is 10.6 Å². The summed E-state index contributed by atoms with van der Waals surface area (Å²) in [6.45, 7) is 3.84. The highest BCUT2D eigenvalue weighted by Crippen LogP contribution is 2.24. The zero-order valence-electron chi connectivity index (χ0n) is 15.2. The number of sulfonamides is 1. The highest BCUT2D eigenvalue weighted by molar-refractivity contribution is 7.92. The van der Waals surface area contributed by atoms with Crippen molar-refractivity contribution in [3.63, 3.8) is 0 Å². The van der Waals surface area contributed by atoms with Gasteiger partial charge < -0.3 is 10.1 Å². The quantitative estimate of drug-likeness (QED) is 0.769. The van der Waals surface area contributed by atoms with Gasteiger partial charge in [0.25, 0.3) is 15.9 Å². The molecule has 0 saturated heterocycles. The lowest BCUT2D eigenvalue weighted by Gasteiger charge is -2.20. The first-order chi connectivity index (χ1) is 12.3. The van der Waals surface area contributed by atoms with Crippen LogP contribution in [0.4, 0.5) is 5.69 Å². The molecule has 1 N–H and O–H groups in total. The molecule has 2 aromatic carbocycles. The second-order valence-electron chi connectivity index (χ2n) is 5.94. The van der Waals surface area contributed by atoms with Crippen LogP contribution in [0.15, 0.2) is 59.5 Å². The molecule has 2 rings (SSSR count). The van der Waals surface area contributed by atoms with Crippen LogP contribution < -0.4 is 14.4 Å². The minimum Gasteiger partial charge on any atom is -0.484 e. The van der Waals surface area contributed by atoms with E-state index in [9.17, 15) is 13.2 Å². The minimum absolute atomic E-state index is 0.0815. The third kappa shape index (κ3) is 4.98. The van der Waals surface area contributed by atoms with E-state index in [1.165, 1.54) is 11.4 Å². The maximum atomic E-state index is 12.6. The monoisotopic (exact) mass is 376 g/mol. The summed E-state index contributed by atoms with van der Waals surface area (Å²) >= 11 is 0. The number of carbonyl (C=O) groups is 1. The Morgan fingerprint density at radius 3 is 2.31 bits per heavy atom. The average Bonchev–Trinajstić information content (AvgIpc) is 2.66. The largest absolute Gasteiger partial charge is 0.484 e. The number of ether oxygens (including phenoxy) is 1. The van der Waals surface area contributed by atoms with Crippen LogP contribution in [-0.4, -0.2) is 34.0 Å². The summed E-state index contributed by atoms with van der Waals surface area (Å²) in [6.07, 6.45) is 0.850. The number of benzene rings is 2. The van der Waals surface area contributed by atoms with Gasteiger partial charge in [0.1, 0.15) is 5.75 Å². The number of hydrogen-bond donors (Lipinski definition) is 1. The third-order valence-corrected chi connectivity index (χ3v) is 5.79. The molecule has 0 aliphatic carbocycles. The standard InChI is InChI=1S/C19H24N2O4S/c1-4-15(2)20-19(22)14-25-17-12-10-16(11-13-17)21(3)26(23,24)18-8-6-5-7-9-18/h5-13,15H,4,14H2,1-3H3,(H,20,22)/t15-/m0/s1. The lowest BCUT2D eigenvalue weighted by molar-refractivity contribution is -0.123. The lowest BCUT2D eigenvalue weighted by atomic mass is 10.2. The van der Waals surface area contributed by atoms with E-state index in [0.29, 0.717) is 11.4 Å². The molecule has 0 spiro atoms. The zero-order valence-corrected chi connectivity index (χ0v) is 16.0. The molecule has 1 amide bonds. The molecule has 0 radical (unpaired) electrons. The second-order valence-corrected chi connectivity index (χ2v) is 7.91. The van der Waals surface area contributed by atoms with Gasteiger partial charge in [-0.25, -0.2) is 8.42 Å². The fraction of sp³-hybridized carbons (Fsp3) is 0.316. The van der Waals surface area contributed by atoms with E-state index in [1.54, 1.807) is 54.6 Å². The summed E-state index contributed by atoms with van der Waals surface area (Å²) in [4.78, 5) is 12.0. The van der Waals surface area contributed by atoms with Crippen molar-refractivity contribution in [2.75, 3.05) is 18.0 Å². The number of nitrogens with zero attached hydrogens (tertiary/aromatic N) is 1. The zero-order chi connectivity index (χ0) is 19.2. The fourth-order valence-electron chi connectivity index (χ4n) is 2.21. The summed E-state index contributed by atoms with van der Waals surface area (Å²) in [7, 11) is -2.12. The molecule has 0 fully saturated rings. The van der Waals surface area contributed by atoms with Gasteiger partial charge in [0.15, 0.2) is 6.61 Å². The number of hydrogen-bond acceptors (Lipinski definition) is 4. The van der Waals surface area contributed by atoms with E-state index in [0.717, 1.165) is 6.42 Å². The number of rotatable bonds is 8. The van der Waals surface area contributed by atoms with Crippen LogP contribution in [0.3, 0.4) is 0 Å². The predicted octanol–water partition coefficient (Wildman–Crippen LogP) is 2.81. The van der Waals surface area contributed by atoms with Crippen LogP contribution in [0.2, 0.25) is 0 Å². The minimum atomic E-state index is -3.62. The lowest BCUT2D eigenvalue weighted by Crippen LogP contribution is -2.35. The molecule has 26 heavy (non-hydrogen) atoms. The highest BCUT2D eigenvalue weighted by atomic mass is 32.2. The Morgan fingerprint density at radius 1 is 1.12 bits per heavy atom. The average molecular weight is 376 g/mol. The molecule has 0 aliphatic rings. The molecular weight excluding hydrogens is 352 g/mol. The van der Waals surface area contributed by atoms with Crippen molar-refractivity contribution in [1.82, 2.24) is 5.32 Å². The van der Waals surface area contributed by atoms with E-state index in [2.05, 4.69) is 5.32 Å². The van der Waals surface area contributed by atoms with E-state index >= 15 is 0 Å². The first-order valence-corrected chi connectivity index (χ1v) is 9.84. The van der Waals surface area contributed by atoms with Crippen molar-refractivity contribution < 1.29 is 17.9 Å². The molecule has 1 atom stereocenters. The fourth-order valence-corrected chi connectivity index (χ4v) is 3.43. The molecule has 140 valence electrons. The number of anilines is 1. The van der Waals surface area contributed by atoms with E-state index < -0.39 is 10.0 Å². The van der Waals surface area contributed by atoms with Gasteiger partial charge in [-0.2, -0.15) is 0 Å². The van der Waals surface area contributed by atoms with Gasteiger partial charge in [0, 0.05) is 13.1 Å². The molecule has 0 aromatic heterocycles. The van der Waals surface area contributed by atoms with Crippen LogP contribution in [0.1, 0.15) is 20.3 Å². The normalized spacial score (nSPS) is 12.3. The van der Waals surface area contributed by atoms with E-state index in [4.69, 9.17) is 4.74 Å². The molecule has 0 aliphatic heterocycles. The van der Waals surface area contributed by atoms with Crippen molar-refractivity contribution in [1.29, 1.82) is 0 Å². The SMILES string of the molecule is CC[C@H](C)NC(=O)COc1ccc(N(C)S(=O)(=O)c2ccccc2)cc1. The summed E-state index contributed by atoms with van der Waals surface area (Å²) in [5, 5.41) is 2.82. The van der Waals surface area contributed by atoms with Crippen molar-refractivity contribution in [3.8, 4) is 5.75 Å². The second kappa shape index (κ2) is 8.71. The molecule has 0 bridgehead atoms. The van der Waals surface area contributed by atoms with Crippen LogP contribution >= 0.6 is 0 Å². The van der Waals surface area contributed by atoms with Crippen LogP contribution in [0, 0.1) is 0 Å². The molecular formula is C19H24N2O4S. The summed E-state index contributed by atoms with van der Waals surface area (Å²) in [6, 6.07) is 14.9. The number of nitrogens with one attached hydrogen (secondary N) is 1. The van der Waals surface area contributed by atoms with Gasteiger partial charge in [0.2, 0.25) is 0 Å². The van der Waals surface area contributed by atoms with Crippen LogP contribution in [0.25, 0.3) is 0 Å². The summed E-state index contributed by atoms with van der Waals surface area (Å²) < 4.78 is 31.9. The van der Waals surface area contributed by atoms with Crippen molar-refractivity contribution in [2.24, 2.45) is 0 Å². The number of carbonyl (C=O) groups excluding carboxylic acids is 1. The molecule has 0 saturated carbocycles. The Balaban J connectivity index is 2.02. The Kier molecular flexibility index (Phi) is 6.63. The van der Waals surface area contributed by atoms with Crippen molar-refractivity contribution >= 4 is 21.6 Å². The topological polar surface area (TPSA) is 75.7 Å². The van der Waals surface area contributed by atoms with E-state index in [-0.39, 0.29) is 23.5 Å². The van der Waals surface area contributed by atoms with E-state index in [1.807, 2.05) is 13.8 Å². The van der Waals surface area contributed by atoms with Gasteiger partial charge >= 0.3 is 0 Å². The Morgan fingerprint density at radius 2 is 1.73 bits per heavy atom. The van der Waals surface area contributed by atoms with Gasteiger partial charge in [-0.15, -0.1) is 0 Å². The number of amides is 1. The third-order valence-electron chi connectivity index (χ3n) is 3.99. The van der Waals surface area contributed by atoms with Crippen molar-refractivity contribution in [2.45, 2.75) is 31.2 Å². The van der Waals surface area contributed by atoms with Gasteiger partial charge in [-0.3, -0.25) is 9.10 Å². The first kappa shape index (κ1) is 19.8. The Bertz CT molecular complexity index is 820. The molecule has 6 nitrogen and oxygen atoms in total. The van der Waals surface area contributed by atoms with Gasteiger partial charge in [-0.1, -0.05) is 25.1 Å². The van der Waals surface area contributed by atoms with Crippen LogP contribution in [0.5, 0.6) is 5.75 Å². The Labute approximate surface area is 154 Å². The highest BCUT2D eigenvalue weighted by Gasteiger charge is 2.20. The molecule has 0 unspecified atom stereocenters. The van der Waals surface area contributed by atoms with Crippen molar-refractivity contribution in [3.05, 3.63) is 54.6 Å². The molecule has 2 aromatic rings. The molecule has 0 heterocycles. The maximum absolute atomic E-state index is 12.6. The summed E-state index contributed by atoms with van der Waals surface area (Å²) in [5.74, 6) is 0.311. The maximum Gasteiger partial charge on any atom is 0.264 e. The van der Waals surface area contributed by atoms with Gasteiger partial charge in [-0.05, 0) is 49.7 Å². The smallest absolute Gasteiger partial charge is 0.264 e. The first-order valence-electron chi connectivity index (χ1n) is 8.40. The molecule has 7 heteroatoms. The summed E-state index contributed by atoms with van der Waals surface area (Å²) in [5.41, 5.74) is 0.505.